The molecule has 0 atom stereocenters. The highest BCUT2D eigenvalue weighted by molar-refractivity contribution is 8.13. The molecule has 0 heterocycles. The van der Waals surface area contributed by atoms with Gasteiger partial charge in [0.25, 0.3) is 9.05 Å². The van der Waals surface area contributed by atoms with Gasteiger partial charge in [0, 0.05) is 10.7 Å². The Hall–Kier alpha value is -0.580. The summed E-state index contributed by atoms with van der Waals surface area (Å²) in [5.41, 5.74) is 1.28. The lowest BCUT2D eigenvalue weighted by molar-refractivity contribution is -0.0318. The number of halogens is 1. The van der Waals surface area contributed by atoms with Crippen LogP contribution in [0, 0.1) is 6.92 Å². The monoisotopic (exact) mass is 290 g/mol. The fourth-order valence-electron chi connectivity index (χ4n) is 1.46. The molecule has 5 heteroatoms. The molecule has 0 aliphatic rings. The van der Waals surface area contributed by atoms with Gasteiger partial charge >= 0.3 is 0 Å². The maximum absolute atomic E-state index is 11.4. The van der Waals surface area contributed by atoms with Crippen molar-refractivity contribution in [2.24, 2.45) is 0 Å². The molecule has 0 aliphatic heterocycles. The smallest absolute Gasteiger partial charge is 0.261 e. The molecule has 0 unspecified atom stereocenters. The van der Waals surface area contributed by atoms with Crippen LogP contribution in [0.15, 0.2) is 23.1 Å². The summed E-state index contributed by atoms with van der Waals surface area (Å²) in [6.07, 6.45) is 0.888. The van der Waals surface area contributed by atoms with Gasteiger partial charge in [-0.1, -0.05) is 19.1 Å². The average molecular weight is 291 g/mol. The lowest BCUT2D eigenvalue weighted by Crippen LogP contribution is -2.23. The van der Waals surface area contributed by atoms with E-state index in [1.54, 1.807) is 13.0 Å². The highest BCUT2D eigenvalue weighted by Crippen LogP contribution is 2.24. The Kier molecular flexibility index (Phi) is 4.81. The molecule has 0 N–H and O–H groups in total. The third-order valence-electron chi connectivity index (χ3n) is 3.13. The van der Waals surface area contributed by atoms with E-state index in [-0.39, 0.29) is 10.5 Å². The highest BCUT2D eigenvalue weighted by atomic mass is 35.7. The second-order valence-corrected chi connectivity index (χ2v) is 7.41. The molecule has 0 amide bonds. The minimum atomic E-state index is -3.70. The maximum atomic E-state index is 11.4. The molecule has 1 aromatic carbocycles. The van der Waals surface area contributed by atoms with Gasteiger partial charge in [0.2, 0.25) is 0 Å². The maximum Gasteiger partial charge on any atom is 0.261 e. The summed E-state index contributed by atoms with van der Waals surface area (Å²) in [4.78, 5) is 0.152. The number of benzene rings is 1. The zero-order chi connectivity index (χ0) is 14.0. The SMILES string of the molecule is CCC(C)(C)OCc1cccc(S(=O)(=O)Cl)c1C. The first-order valence-corrected chi connectivity index (χ1v) is 8.15. The molecule has 0 spiro atoms. The van der Waals surface area contributed by atoms with Crippen molar-refractivity contribution in [1.29, 1.82) is 0 Å². The van der Waals surface area contributed by atoms with Gasteiger partial charge in [-0.2, -0.15) is 0 Å². The Labute approximate surface area is 114 Å². The van der Waals surface area contributed by atoms with Gasteiger partial charge in [0.05, 0.1) is 17.1 Å². The summed E-state index contributed by atoms with van der Waals surface area (Å²) in [5, 5.41) is 0. The fourth-order valence-corrected chi connectivity index (χ4v) is 2.70. The van der Waals surface area contributed by atoms with Crippen molar-refractivity contribution in [3.05, 3.63) is 29.3 Å². The minimum absolute atomic E-state index is 0.152. The van der Waals surface area contributed by atoms with Crippen LogP contribution >= 0.6 is 10.7 Å². The third-order valence-corrected chi connectivity index (χ3v) is 4.60. The summed E-state index contributed by atoms with van der Waals surface area (Å²) in [5.74, 6) is 0. The first kappa shape index (κ1) is 15.5. The van der Waals surface area contributed by atoms with Gasteiger partial charge in [-0.05, 0) is 44.4 Å². The topological polar surface area (TPSA) is 43.4 Å². The van der Waals surface area contributed by atoms with Crippen LogP contribution in [0.2, 0.25) is 0 Å². The Morgan fingerprint density at radius 1 is 1.33 bits per heavy atom. The molecule has 0 bridgehead atoms. The molecule has 102 valence electrons. The zero-order valence-electron chi connectivity index (χ0n) is 11.2. The molecule has 0 fully saturated rings. The molecule has 0 aromatic heterocycles. The van der Waals surface area contributed by atoms with E-state index in [2.05, 4.69) is 0 Å². The van der Waals surface area contributed by atoms with E-state index in [0.717, 1.165) is 12.0 Å². The second-order valence-electron chi connectivity index (χ2n) is 4.88. The predicted molar refractivity (Wildman–Crippen MR) is 73.4 cm³/mol. The molecular weight excluding hydrogens is 272 g/mol. The van der Waals surface area contributed by atoms with Crippen LogP contribution in [0.3, 0.4) is 0 Å². The average Bonchev–Trinajstić information content (AvgIpc) is 2.26. The van der Waals surface area contributed by atoms with Crippen molar-refractivity contribution in [2.45, 2.75) is 51.2 Å². The molecular formula is C13H19ClO3S. The van der Waals surface area contributed by atoms with Gasteiger partial charge < -0.3 is 4.74 Å². The van der Waals surface area contributed by atoms with E-state index >= 15 is 0 Å². The second kappa shape index (κ2) is 5.59. The Morgan fingerprint density at radius 2 is 1.94 bits per heavy atom. The quantitative estimate of drug-likeness (QED) is 0.778. The van der Waals surface area contributed by atoms with Crippen molar-refractivity contribution in [3.8, 4) is 0 Å². The number of hydrogen-bond acceptors (Lipinski definition) is 3. The standard InChI is InChI=1S/C13H19ClO3S/c1-5-13(3,4)17-9-11-7-6-8-12(10(11)2)18(14,15)16/h6-8H,5,9H2,1-4H3. The van der Waals surface area contributed by atoms with Crippen LogP contribution in [0.1, 0.15) is 38.3 Å². The summed E-state index contributed by atoms with van der Waals surface area (Å²) < 4.78 is 28.6. The summed E-state index contributed by atoms with van der Waals surface area (Å²) in [6.45, 7) is 8.18. The normalized spacial score (nSPS) is 12.7. The van der Waals surface area contributed by atoms with Crippen molar-refractivity contribution in [2.75, 3.05) is 0 Å². The largest absolute Gasteiger partial charge is 0.371 e. The summed E-state index contributed by atoms with van der Waals surface area (Å²) in [7, 11) is 1.69. The van der Waals surface area contributed by atoms with E-state index in [1.165, 1.54) is 6.07 Å². The van der Waals surface area contributed by atoms with E-state index in [0.29, 0.717) is 12.2 Å². The molecule has 0 radical (unpaired) electrons. The lowest BCUT2D eigenvalue weighted by atomic mass is 10.1. The van der Waals surface area contributed by atoms with Gasteiger partial charge in [-0.3, -0.25) is 0 Å². The number of rotatable bonds is 5. The van der Waals surface area contributed by atoms with Gasteiger partial charge in [-0.15, -0.1) is 0 Å². The number of ether oxygens (including phenoxy) is 1. The fraction of sp³-hybridized carbons (Fsp3) is 0.538. The molecule has 18 heavy (non-hydrogen) atoms. The van der Waals surface area contributed by atoms with Crippen molar-refractivity contribution < 1.29 is 13.2 Å². The molecule has 0 saturated heterocycles. The van der Waals surface area contributed by atoms with Gasteiger partial charge in [0.15, 0.2) is 0 Å². The van der Waals surface area contributed by atoms with Crippen molar-refractivity contribution in [1.82, 2.24) is 0 Å². The number of hydrogen-bond donors (Lipinski definition) is 0. The summed E-state index contributed by atoms with van der Waals surface area (Å²) >= 11 is 0. The molecule has 1 aromatic rings. The van der Waals surface area contributed by atoms with Crippen LogP contribution < -0.4 is 0 Å². The van der Waals surface area contributed by atoms with Crippen LogP contribution in [-0.2, 0) is 20.4 Å². The highest BCUT2D eigenvalue weighted by Gasteiger charge is 2.18. The third kappa shape index (κ3) is 3.97. The van der Waals surface area contributed by atoms with E-state index in [1.807, 2.05) is 26.8 Å². The van der Waals surface area contributed by atoms with Crippen LogP contribution in [0.4, 0.5) is 0 Å². The van der Waals surface area contributed by atoms with Gasteiger partial charge in [-0.25, -0.2) is 8.42 Å². The van der Waals surface area contributed by atoms with Crippen molar-refractivity contribution in [3.63, 3.8) is 0 Å². The van der Waals surface area contributed by atoms with Crippen LogP contribution in [0.25, 0.3) is 0 Å². The Balaban J connectivity index is 2.99. The predicted octanol–water partition coefficient (Wildman–Crippen LogP) is 3.63. The lowest BCUT2D eigenvalue weighted by Gasteiger charge is -2.24. The first-order valence-electron chi connectivity index (χ1n) is 5.84. The molecule has 0 saturated carbocycles. The van der Waals surface area contributed by atoms with Crippen molar-refractivity contribution >= 4 is 19.7 Å². The molecule has 3 nitrogen and oxygen atoms in total. The zero-order valence-corrected chi connectivity index (χ0v) is 12.7. The minimum Gasteiger partial charge on any atom is -0.371 e. The summed E-state index contributed by atoms with van der Waals surface area (Å²) in [6, 6.07) is 5.04. The van der Waals surface area contributed by atoms with E-state index < -0.39 is 9.05 Å². The Morgan fingerprint density at radius 3 is 2.44 bits per heavy atom. The first-order chi connectivity index (χ1) is 8.17. The van der Waals surface area contributed by atoms with E-state index in [9.17, 15) is 8.42 Å². The molecule has 0 aliphatic carbocycles. The molecule has 1 rings (SSSR count). The van der Waals surface area contributed by atoms with Crippen LogP contribution in [-0.4, -0.2) is 14.0 Å². The van der Waals surface area contributed by atoms with Gasteiger partial charge in [0.1, 0.15) is 0 Å². The van der Waals surface area contributed by atoms with E-state index in [4.69, 9.17) is 15.4 Å². The van der Waals surface area contributed by atoms with Crippen LogP contribution in [0.5, 0.6) is 0 Å². The Bertz CT molecular complexity index is 521.